The number of halogens is 1. The number of nitrogens with two attached hydrogens (primary N) is 1. The zero-order valence-corrected chi connectivity index (χ0v) is 7.33. The van der Waals surface area contributed by atoms with E-state index in [4.69, 9.17) is 15.6 Å². The van der Waals surface area contributed by atoms with Crippen LogP contribution in [0.1, 0.15) is 11.7 Å². The van der Waals surface area contributed by atoms with Crippen LogP contribution in [0.25, 0.3) is 0 Å². The molecular formula is C9H12FNO2. The Balaban J connectivity index is 2.95. The first kappa shape index (κ1) is 9.95. The van der Waals surface area contributed by atoms with E-state index >= 15 is 0 Å². The zero-order chi connectivity index (χ0) is 9.84. The Hall–Kier alpha value is -1.13. The number of benzene rings is 1. The Labute approximate surface area is 75.9 Å². The lowest BCUT2D eigenvalue weighted by atomic mass is 10.1. The fourth-order valence-corrected chi connectivity index (χ4v) is 1.08. The van der Waals surface area contributed by atoms with E-state index in [2.05, 4.69) is 0 Å². The fraction of sp³-hybridized carbons (Fsp3) is 0.333. The molecule has 13 heavy (non-hydrogen) atoms. The van der Waals surface area contributed by atoms with Gasteiger partial charge in [0.05, 0.1) is 12.3 Å². The highest BCUT2D eigenvalue weighted by atomic mass is 19.1. The highest BCUT2D eigenvalue weighted by Crippen LogP contribution is 2.20. The van der Waals surface area contributed by atoms with Gasteiger partial charge in [-0.25, -0.2) is 4.39 Å². The van der Waals surface area contributed by atoms with Gasteiger partial charge in [-0.3, -0.25) is 0 Å². The molecule has 1 atom stereocenters. The van der Waals surface area contributed by atoms with Crippen molar-refractivity contribution in [1.82, 2.24) is 0 Å². The Bertz CT molecular complexity index is 287. The molecule has 0 saturated carbocycles. The third kappa shape index (κ3) is 2.17. The predicted molar refractivity (Wildman–Crippen MR) is 47.6 cm³/mol. The number of hydrogen-bond donors (Lipinski definition) is 2. The van der Waals surface area contributed by atoms with Crippen molar-refractivity contribution in [2.24, 2.45) is 0 Å². The first-order valence-corrected chi connectivity index (χ1v) is 3.87. The number of aliphatic hydroxyl groups is 1. The van der Waals surface area contributed by atoms with E-state index in [-0.39, 0.29) is 12.3 Å². The summed E-state index contributed by atoms with van der Waals surface area (Å²) >= 11 is 0. The molecule has 0 aliphatic rings. The lowest BCUT2D eigenvalue weighted by Crippen LogP contribution is -2.07. The molecule has 0 bridgehead atoms. The lowest BCUT2D eigenvalue weighted by molar-refractivity contribution is 0.0484. The van der Waals surface area contributed by atoms with Crippen molar-refractivity contribution in [3.8, 4) is 0 Å². The second kappa shape index (κ2) is 4.20. The SMILES string of the molecule is COC(CO)c1ccc(F)c(N)c1. The quantitative estimate of drug-likeness (QED) is 0.693. The van der Waals surface area contributed by atoms with Crippen molar-refractivity contribution in [3.05, 3.63) is 29.6 Å². The van der Waals surface area contributed by atoms with Crippen molar-refractivity contribution >= 4 is 5.69 Å². The van der Waals surface area contributed by atoms with Crippen molar-refractivity contribution < 1.29 is 14.2 Å². The summed E-state index contributed by atoms with van der Waals surface area (Å²) in [7, 11) is 1.47. The molecule has 4 heteroatoms. The third-order valence-electron chi connectivity index (χ3n) is 1.84. The van der Waals surface area contributed by atoms with Crippen LogP contribution < -0.4 is 5.73 Å². The molecule has 1 aromatic carbocycles. The summed E-state index contributed by atoms with van der Waals surface area (Å²) in [6.07, 6.45) is -0.442. The van der Waals surface area contributed by atoms with Crippen LogP contribution in [0, 0.1) is 5.82 Å². The Kier molecular flexibility index (Phi) is 3.22. The molecule has 0 aromatic heterocycles. The van der Waals surface area contributed by atoms with Gasteiger partial charge in [-0.1, -0.05) is 6.07 Å². The molecule has 0 aliphatic heterocycles. The largest absolute Gasteiger partial charge is 0.396 e. The van der Waals surface area contributed by atoms with Gasteiger partial charge >= 0.3 is 0 Å². The minimum absolute atomic E-state index is 0.0630. The number of anilines is 1. The van der Waals surface area contributed by atoms with Crippen molar-refractivity contribution in [3.63, 3.8) is 0 Å². The minimum atomic E-state index is -0.462. The predicted octanol–water partition coefficient (Wildman–Crippen LogP) is 1.09. The topological polar surface area (TPSA) is 55.5 Å². The van der Waals surface area contributed by atoms with Gasteiger partial charge in [-0.15, -0.1) is 0 Å². The number of aliphatic hydroxyl groups excluding tert-OH is 1. The number of hydrogen-bond acceptors (Lipinski definition) is 3. The Morgan fingerprint density at radius 2 is 2.31 bits per heavy atom. The second-order valence-corrected chi connectivity index (χ2v) is 2.69. The second-order valence-electron chi connectivity index (χ2n) is 2.69. The van der Waals surface area contributed by atoms with Crippen LogP contribution in [0.15, 0.2) is 18.2 Å². The summed E-state index contributed by atoms with van der Waals surface area (Å²) in [5.74, 6) is -0.462. The molecule has 3 nitrogen and oxygen atoms in total. The molecule has 1 rings (SSSR count). The molecule has 72 valence electrons. The maximum absolute atomic E-state index is 12.7. The summed E-state index contributed by atoms with van der Waals surface area (Å²) in [5.41, 5.74) is 6.09. The zero-order valence-electron chi connectivity index (χ0n) is 7.33. The highest BCUT2D eigenvalue weighted by molar-refractivity contribution is 5.43. The minimum Gasteiger partial charge on any atom is -0.396 e. The number of ether oxygens (including phenoxy) is 1. The average Bonchev–Trinajstić information content (AvgIpc) is 2.13. The Morgan fingerprint density at radius 3 is 2.77 bits per heavy atom. The lowest BCUT2D eigenvalue weighted by Gasteiger charge is -2.12. The van der Waals surface area contributed by atoms with E-state index in [0.717, 1.165) is 0 Å². The van der Waals surface area contributed by atoms with E-state index in [9.17, 15) is 4.39 Å². The first-order valence-electron chi connectivity index (χ1n) is 3.87. The van der Waals surface area contributed by atoms with Gasteiger partial charge in [0.25, 0.3) is 0 Å². The van der Waals surface area contributed by atoms with Gasteiger partial charge < -0.3 is 15.6 Å². The van der Waals surface area contributed by atoms with E-state index in [0.29, 0.717) is 5.56 Å². The van der Waals surface area contributed by atoms with E-state index < -0.39 is 11.9 Å². The monoisotopic (exact) mass is 185 g/mol. The summed E-state index contributed by atoms with van der Waals surface area (Å²) < 4.78 is 17.7. The maximum atomic E-state index is 12.7. The summed E-state index contributed by atoms with van der Waals surface area (Å²) in [4.78, 5) is 0. The van der Waals surface area contributed by atoms with E-state index in [1.54, 1.807) is 0 Å². The third-order valence-corrected chi connectivity index (χ3v) is 1.84. The highest BCUT2D eigenvalue weighted by Gasteiger charge is 2.10. The normalized spacial score (nSPS) is 12.8. The van der Waals surface area contributed by atoms with Crippen LogP contribution in [-0.4, -0.2) is 18.8 Å². The van der Waals surface area contributed by atoms with E-state index in [1.165, 1.54) is 25.3 Å². The smallest absolute Gasteiger partial charge is 0.146 e. The van der Waals surface area contributed by atoms with Gasteiger partial charge in [-0.2, -0.15) is 0 Å². The summed E-state index contributed by atoms with van der Waals surface area (Å²) in [6, 6.07) is 4.25. The molecule has 3 N–H and O–H groups in total. The van der Waals surface area contributed by atoms with Crippen molar-refractivity contribution in [1.29, 1.82) is 0 Å². The molecule has 0 radical (unpaired) electrons. The van der Waals surface area contributed by atoms with Gasteiger partial charge in [0.15, 0.2) is 0 Å². The molecule has 1 unspecified atom stereocenters. The number of nitrogen functional groups attached to an aromatic ring is 1. The van der Waals surface area contributed by atoms with Gasteiger partial charge in [0, 0.05) is 7.11 Å². The van der Waals surface area contributed by atoms with Crippen LogP contribution in [0.3, 0.4) is 0 Å². The molecule has 0 saturated heterocycles. The molecule has 0 fully saturated rings. The molecule has 0 spiro atoms. The number of rotatable bonds is 3. The van der Waals surface area contributed by atoms with Crippen molar-refractivity contribution in [2.45, 2.75) is 6.10 Å². The first-order chi connectivity index (χ1) is 6.19. The van der Waals surface area contributed by atoms with E-state index in [1.807, 2.05) is 0 Å². The maximum Gasteiger partial charge on any atom is 0.146 e. The standard InChI is InChI=1S/C9H12FNO2/c1-13-9(5-12)6-2-3-7(10)8(11)4-6/h2-4,9,12H,5,11H2,1H3. The van der Waals surface area contributed by atoms with Gasteiger partial charge in [0.1, 0.15) is 11.9 Å². The molecule has 0 heterocycles. The molecular weight excluding hydrogens is 173 g/mol. The summed E-state index contributed by atoms with van der Waals surface area (Å²) in [5, 5.41) is 8.88. The van der Waals surface area contributed by atoms with Crippen LogP contribution in [0.5, 0.6) is 0 Å². The van der Waals surface area contributed by atoms with Crippen LogP contribution in [0.4, 0.5) is 10.1 Å². The Morgan fingerprint density at radius 1 is 1.62 bits per heavy atom. The van der Waals surface area contributed by atoms with Gasteiger partial charge in [-0.05, 0) is 17.7 Å². The number of methoxy groups -OCH3 is 1. The molecule has 0 aliphatic carbocycles. The van der Waals surface area contributed by atoms with Gasteiger partial charge in [0.2, 0.25) is 0 Å². The fourth-order valence-electron chi connectivity index (χ4n) is 1.08. The van der Waals surface area contributed by atoms with Crippen LogP contribution in [0.2, 0.25) is 0 Å². The van der Waals surface area contributed by atoms with Crippen LogP contribution in [-0.2, 0) is 4.74 Å². The molecule has 1 aromatic rings. The van der Waals surface area contributed by atoms with Crippen LogP contribution >= 0.6 is 0 Å². The average molecular weight is 185 g/mol. The molecule has 0 amide bonds. The van der Waals surface area contributed by atoms with Crippen molar-refractivity contribution in [2.75, 3.05) is 19.5 Å². The summed E-state index contributed by atoms with van der Waals surface area (Å²) in [6.45, 7) is -0.151.